The van der Waals surface area contributed by atoms with Gasteiger partial charge in [0.2, 0.25) is 0 Å². The molecule has 0 aliphatic rings. The Morgan fingerprint density at radius 1 is 0.824 bits per heavy atom. The molecule has 1 unspecified atom stereocenters. The van der Waals surface area contributed by atoms with Gasteiger partial charge < -0.3 is 0 Å². The molecule has 2 aromatic rings. The monoisotopic (exact) mass is 436 g/mol. The number of hydrogen-bond acceptors (Lipinski definition) is 0. The molecule has 17 heavy (non-hydrogen) atoms. The molecule has 0 aliphatic carbocycles. The molecule has 2 aromatic carbocycles. The summed E-state index contributed by atoms with van der Waals surface area (Å²) in [6.45, 7) is 0. The number of hydrogen-bond donors (Lipinski definition) is 0. The molecule has 0 heterocycles. The summed E-state index contributed by atoms with van der Waals surface area (Å²) in [5.74, 6) is 0. The molecular weight excluding hydrogens is 431 g/mol. The van der Waals surface area contributed by atoms with E-state index in [0.717, 1.165) is 14.0 Å². The molecule has 0 nitrogen and oxygen atoms in total. The van der Waals surface area contributed by atoms with Crippen LogP contribution in [0.5, 0.6) is 0 Å². The summed E-state index contributed by atoms with van der Waals surface area (Å²) in [6, 6.07) is 14.1. The predicted octanol–water partition coefficient (Wildman–Crippen LogP) is 6.35. The van der Waals surface area contributed by atoms with Gasteiger partial charge in [-0.2, -0.15) is 0 Å². The topological polar surface area (TPSA) is 0 Å². The molecule has 0 fully saturated rings. The lowest BCUT2D eigenvalue weighted by molar-refractivity contribution is 1.17. The molecule has 0 aliphatic heterocycles. The quantitative estimate of drug-likeness (QED) is 0.479. The van der Waals surface area contributed by atoms with Gasteiger partial charge in [-0.15, -0.1) is 0 Å². The Kier molecular flexibility index (Phi) is 4.70. The van der Waals surface area contributed by atoms with Gasteiger partial charge in [0.05, 0.1) is 4.83 Å². The number of halogens is 4. The summed E-state index contributed by atoms with van der Waals surface area (Å²) in [6.07, 6.45) is 0. The smallest absolute Gasteiger partial charge is 0.0645 e. The maximum absolute atomic E-state index is 5.88. The van der Waals surface area contributed by atoms with Crippen LogP contribution in [0.3, 0.4) is 0 Å². The summed E-state index contributed by atoms with van der Waals surface area (Å²) in [5.41, 5.74) is 2.37. The molecule has 1 atom stereocenters. The highest BCUT2D eigenvalue weighted by Gasteiger charge is 2.11. The first-order valence-electron chi connectivity index (χ1n) is 4.92. The van der Waals surface area contributed by atoms with E-state index in [1.165, 1.54) is 11.1 Å². The van der Waals surface area contributed by atoms with E-state index >= 15 is 0 Å². The zero-order valence-corrected chi connectivity index (χ0v) is 14.1. The van der Waals surface area contributed by atoms with Crippen molar-refractivity contribution in [2.75, 3.05) is 0 Å². The maximum atomic E-state index is 5.88. The van der Waals surface area contributed by atoms with E-state index in [0.29, 0.717) is 0 Å². The van der Waals surface area contributed by atoms with Crippen molar-refractivity contribution in [1.82, 2.24) is 0 Å². The molecule has 0 bridgehead atoms. The van der Waals surface area contributed by atoms with Gasteiger partial charge in [0.15, 0.2) is 0 Å². The van der Waals surface area contributed by atoms with Gasteiger partial charge in [0, 0.05) is 14.0 Å². The van der Waals surface area contributed by atoms with Crippen LogP contribution in [0.4, 0.5) is 0 Å². The Morgan fingerprint density at radius 3 is 1.88 bits per heavy atom. The molecule has 2 rings (SSSR count). The Hall–Kier alpha value is 0.170. The van der Waals surface area contributed by atoms with E-state index in [1.54, 1.807) is 0 Å². The van der Waals surface area contributed by atoms with Crippen LogP contribution >= 0.6 is 59.4 Å². The van der Waals surface area contributed by atoms with Gasteiger partial charge in [-0.05, 0) is 41.5 Å². The SMILES string of the molecule is Clc1ccc(C(Br)c2cc(Br)cc(Br)c2)cc1. The van der Waals surface area contributed by atoms with Crippen LogP contribution < -0.4 is 0 Å². The average molecular weight is 439 g/mol. The molecule has 0 amide bonds. The van der Waals surface area contributed by atoms with Crippen LogP contribution in [0.2, 0.25) is 5.02 Å². The molecule has 0 radical (unpaired) electrons. The molecule has 4 heteroatoms. The summed E-state index contributed by atoms with van der Waals surface area (Å²) >= 11 is 16.6. The van der Waals surface area contributed by atoms with Crippen molar-refractivity contribution in [2.45, 2.75) is 4.83 Å². The van der Waals surface area contributed by atoms with E-state index in [4.69, 9.17) is 11.6 Å². The minimum atomic E-state index is 0.161. The zero-order valence-electron chi connectivity index (χ0n) is 8.63. The van der Waals surface area contributed by atoms with Crippen LogP contribution in [-0.4, -0.2) is 0 Å². The first kappa shape index (κ1) is 13.6. The second-order valence-corrected chi connectivity index (χ2v) is 6.80. The number of alkyl halides is 1. The van der Waals surface area contributed by atoms with Crippen LogP contribution in [0, 0.1) is 0 Å². The van der Waals surface area contributed by atoms with Crippen LogP contribution in [0.1, 0.15) is 16.0 Å². The minimum absolute atomic E-state index is 0.161. The third kappa shape index (κ3) is 3.57. The second-order valence-electron chi connectivity index (χ2n) is 3.62. The lowest BCUT2D eigenvalue weighted by Crippen LogP contribution is -1.92. The third-order valence-electron chi connectivity index (χ3n) is 2.34. The Morgan fingerprint density at radius 2 is 1.35 bits per heavy atom. The largest absolute Gasteiger partial charge is 0.0843 e. The van der Waals surface area contributed by atoms with Gasteiger partial charge in [-0.3, -0.25) is 0 Å². The molecule has 0 saturated heterocycles. The van der Waals surface area contributed by atoms with Gasteiger partial charge >= 0.3 is 0 Å². The fourth-order valence-corrected chi connectivity index (χ4v) is 3.57. The highest BCUT2D eigenvalue weighted by atomic mass is 79.9. The first-order chi connectivity index (χ1) is 8.06. The number of benzene rings is 2. The van der Waals surface area contributed by atoms with E-state index in [1.807, 2.05) is 30.3 Å². The van der Waals surface area contributed by atoms with E-state index < -0.39 is 0 Å². The normalized spacial score (nSPS) is 12.5. The van der Waals surface area contributed by atoms with Crippen molar-refractivity contribution in [3.63, 3.8) is 0 Å². The van der Waals surface area contributed by atoms with Crippen molar-refractivity contribution in [1.29, 1.82) is 0 Å². The van der Waals surface area contributed by atoms with Gasteiger partial charge in [0.1, 0.15) is 0 Å². The lowest BCUT2D eigenvalue weighted by Gasteiger charge is -2.12. The maximum Gasteiger partial charge on any atom is 0.0645 e. The Balaban J connectivity index is 2.36. The lowest BCUT2D eigenvalue weighted by atomic mass is 10.1. The standard InChI is InChI=1S/C13H8Br3Cl/c14-10-5-9(6-11(15)7-10)13(16)8-1-3-12(17)4-2-8/h1-7,13H. The van der Waals surface area contributed by atoms with Crippen molar-refractivity contribution >= 4 is 59.4 Å². The molecule has 0 spiro atoms. The minimum Gasteiger partial charge on any atom is -0.0843 e. The average Bonchev–Trinajstić information content (AvgIpc) is 2.28. The molecule has 0 saturated carbocycles. The van der Waals surface area contributed by atoms with Crippen LogP contribution in [0.15, 0.2) is 51.4 Å². The van der Waals surface area contributed by atoms with Gasteiger partial charge in [-0.1, -0.05) is 71.5 Å². The van der Waals surface area contributed by atoms with E-state index in [-0.39, 0.29) is 4.83 Å². The zero-order chi connectivity index (χ0) is 12.4. The highest BCUT2D eigenvalue weighted by molar-refractivity contribution is 9.11. The summed E-state index contributed by atoms with van der Waals surface area (Å²) in [5, 5.41) is 0.754. The molecule has 88 valence electrons. The van der Waals surface area contributed by atoms with Crippen molar-refractivity contribution in [3.8, 4) is 0 Å². The van der Waals surface area contributed by atoms with Gasteiger partial charge in [-0.25, -0.2) is 0 Å². The Bertz CT molecular complexity index is 502. The third-order valence-corrected chi connectivity index (χ3v) is 4.57. The first-order valence-corrected chi connectivity index (χ1v) is 7.80. The summed E-state index contributed by atoms with van der Waals surface area (Å²) in [4.78, 5) is 0.161. The summed E-state index contributed by atoms with van der Waals surface area (Å²) in [7, 11) is 0. The highest BCUT2D eigenvalue weighted by Crippen LogP contribution is 2.34. The van der Waals surface area contributed by atoms with E-state index in [2.05, 4.69) is 59.9 Å². The van der Waals surface area contributed by atoms with Crippen molar-refractivity contribution in [3.05, 3.63) is 67.6 Å². The van der Waals surface area contributed by atoms with Crippen LogP contribution in [0.25, 0.3) is 0 Å². The van der Waals surface area contributed by atoms with E-state index in [9.17, 15) is 0 Å². The predicted molar refractivity (Wildman–Crippen MR) is 84.1 cm³/mol. The Labute approximate surface area is 131 Å². The van der Waals surface area contributed by atoms with Gasteiger partial charge in [0.25, 0.3) is 0 Å². The summed E-state index contributed by atoms with van der Waals surface area (Å²) < 4.78 is 2.11. The fourth-order valence-electron chi connectivity index (χ4n) is 1.55. The second kappa shape index (κ2) is 5.87. The van der Waals surface area contributed by atoms with Crippen LogP contribution in [-0.2, 0) is 0 Å². The van der Waals surface area contributed by atoms with Crippen molar-refractivity contribution in [2.24, 2.45) is 0 Å². The molecule has 0 N–H and O–H groups in total. The molecular formula is C13H8Br3Cl. The molecule has 0 aromatic heterocycles. The fraction of sp³-hybridized carbons (Fsp3) is 0.0769. The number of rotatable bonds is 2. The van der Waals surface area contributed by atoms with Crippen molar-refractivity contribution < 1.29 is 0 Å².